The molecule has 0 aliphatic heterocycles. The number of aromatic nitrogens is 2. The molecule has 0 aliphatic rings. The standard InChI is InChI=1S/C14H15N3/c1-2-3-9-14-16-12(10-15)11-17(14)13-7-5-4-6-8-13/h4-8,11H,2-3,9H2,1H3. The zero-order valence-corrected chi connectivity index (χ0v) is 9.93. The molecular formula is C14H15N3. The molecule has 0 amide bonds. The molecule has 1 aromatic heterocycles. The second-order valence-electron chi connectivity index (χ2n) is 3.96. The van der Waals surface area contributed by atoms with Gasteiger partial charge in [0.15, 0.2) is 5.69 Å². The predicted octanol–water partition coefficient (Wildman–Crippen LogP) is 3.09. The summed E-state index contributed by atoms with van der Waals surface area (Å²) in [6.07, 6.45) is 4.94. The number of hydrogen-bond donors (Lipinski definition) is 0. The van der Waals surface area contributed by atoms with Gasteiger partial charge < -0.3 is 4.57 Å². The number of benzene rings is 1. The van der Waals surface area contributed by atoms with Crippen LogP contribution in [0.1, 0.15) is 31.3 Å². The van der Waals surface area contributed by atoms with Crippen LogP contribution in [0.25, 0.3) is 5.69 Å². The molecule has 86 valence electrons. The Morgan fingerprint density at radius 2 is 2.06 bits per heavy atom. The number of imidazole rings is 1. The van der Waals surface area contributed by atoms with Crippen LogP contribution in [0.4, 0.5) is 0 Å². The smallest absolute Gasteiger partial charge is 0.159 e. The first kappa shape index (κ1) is 11.4. The zero-order chi connectivity index (χ0) is 12.1. The average Bonchev–Trinajstić information content (AvgIpc) is 2.80. The third kappa shape index (κ3) is 2.54. The maximum absolute atomic E-state index is 8.92. The van der Waals surface area contributed by atoms with E-state index in [-0.39, 0.29) is 0 Å². The Balaban J connectivity index is 2.38. The summed E-state index contributed by atoms with van der Waals surface area (Å²) in [6, 6.07) is 12.1. The fraction of sp³-hybridized carbons (Fsp3) is 0.286. The Labute approximate surface area is 101 Å². The summed E-state index contributed by atoms with van der Waals surface area (Å²) in [7, 11) is 0. The average molecular weight is 225 g/mol. The molecule has 0 saturated carbocycles. The van der Waals surface area contributed by atoms with Gasteiger partial charge >= 0.3 is 0 Å². The third-order valence-corrected chi connectivity index (χ3v) is 2.68. The van der Waals surface area contributed by atoms with Gasteiger partial charge in [-0.1, -0.05) is 31.5 Å². The topological polar surface area (TPSA) is 41.6 Å². The van der Waals surface area contributed by atoms with Gasteiger partial charge in [0.05, 0.1) is 0 Å². The fourth-order valence-corrected chi connectivity index (χ4v) is 1.80. The van der Waals surface area contributed by atoms with Crippen LogP contribution in [0.15, 0.2) is 36.5 Å². The van der Waals surface area contributed by atoms with Gasteiger partial charge in [-0.25, -0.2) is 4.98 Å². The first-order chi connectivity index (χ1) is 8.35. The van der Waals surface area contributed by atoms with Crippen molar-refractivity contribution >= 4 is 0 Å². The van der Waals surface area contributed by atoms with E-state index >= 15 is 0 Å². The van der Waals surface area contributed by atoms with E-state index in [0.29, 0.717) is 5.69 Å². The van der Waals surface area contributed by atoms with Crippen molar-refractivity contribution in [3.05, 3.63) is 48.0 Å². The van der Waals surface area contributed by atoms with Crippen LogP contribution in [0, 0.1) is 11.3 Å². The normalized spacial score (nSPS) is 10.1. The van der Waals surface area contributed by atoms with E-state index in [1.165, 1.54) is 0 Å². The van der Waals surface area contributed by atoms with Crippen molar-refractivity contribution in [2.24, 2.45) is 0 Å². The molecule has 0 N–H and O–H groups in total. The number of nitrogens with zero attached hydrogens (tertiary/aromatic N) is 3. The monoisotopic (exact) mass is 225 g/mol. The van der Waals surface area contributed by atoms with Gasteiger partial charge in [0.25, 0.3) is 0 Å². The lowest BCUT2D eigenvalue weighted by Gasteiger charge is -2.06. The number of para-hydroxylation sites is 1. The van der Waals surface area contributed by atoms with Crippen molar-refractivity contribution in [3.8, 4) is 11.8 Å². The summed E-state index contributed by atoms with van der Waals surface area (Å²) in [6.45, 7) is 2.15. The zero-order valence-electron chi connectivity index (χ0n) is 9.93. The molecule has 17 heavy (non-hydrogen) atoms. The molecule has 2 rings (SSSR count). The lowest BCUT2D eigenvalue weighted by Crippen LogP contribution is -2.00. The van der Waals surface area contributed by atoms with Crippen molar-refractivity contribution in [1.29, 1.82) is 5.26 Å². The van der Waals surface area contributed by atoms with E-state index < -0.39 is 0 Å². The van der Waals surface area contributed by atoms with Gasteiger partial charge in [0, 0.05) is 18.3 Å². The Morgan fingerprint density at radius 3 is 2.71 bits per heavy atom. The minimum absolute atomic E-state index is 0.486. The quantitative estimate of drug-likeness (QED) is 0.802. The molecule has 0 spiro atoms. The SMILES string of the molecule is CCCCc1nc(C#N)cn1-c1ccccc1. The summed E-state index contributed by atoms with van der Waals surface area (Å²) in [4.78, 5) is 4.34. The second-order valence-corrected chi connectivity index (χ2v) is 3.96. The van der Waals surface area contributed by atoms with E-state index in [9.17, 15) is 0 Å². The summed E-state index contributed by atoms with van der Waals surface area (Å²) in [5, 5.41) is 8.92. The van der Waals surface area contributed by atoms with Gasteiger partial charge in [-0.2, -0.15) is 5.26 Å². The highest BCUT2D eigenvalue weighted by Gasteiger charge is 2.08. The summed E-state index contributed by atoms with van der Waals surface area (Å²) >= 11 is 0. The molecule has 0 saturated heterocycles. The molecule has 0 bridgehead atoms. The molecule has 0 radical (unpaired) electrons. The molecule has 2 aromatic rings. The first-order valence-corrected chi connectivity index (χ1v) is 5.89. The summed E-state index contributed by atoms with van der Waals surface area (Å²) in [5.74, 6) is 0.967. The molecule has 0 unspecified atom stereocenters. The Kier molecular flexibility index (Phi) is 3.56. The third-order valence-electron chi connectivity index (χ3n) is 2.68. The van der Waals surface area contributed by atoms with Crippen molar-refractivity contribution in [2.75, 3.05) is 0 Å². The van der Waals surface area contributed by atoms with E-state index in [1.807, 2.05) is 34.9 Å². The molecule has 3 nitrogen and oxygen atoms in total. The molecule has 3 heteroatoms. The Morgan fingerprint density at radius 1 is 1.29 bits per heavy atom. The largest absolute Gasteiger partial charge is 0.302 e. The number of nitriles is 1. The molecular weight excluding hydrogens is 210 g/mol. The van der Waals surface area contributed by atoms with Crippen LogP contribution in [0.5, 0.6) is 0 Å². The number of unbranched alkanes of at least 4 members (excludes halogenated alkanes) is 1. The summed E-state index contributed by atoms with van der Waals surface area (Å²) < 4.78 is 2.01. The number of aryl methyl sites for hydroxylation is 1. The molecule has 1 heterocycles. The van der Waals surface area contributed by atoms with Crippen LogP contribution < -0.4 is 0 Å². The minimum atomic E-state index is 0.486. The van der Waals surface area contributed by atoms with Gasteiger partial charge in [-0.3, -0.25) is 0 Å². The van der Waals surface area contributed by atoms with Crippen molar-refractivity contribution < 1.29 is 0 Å². The van der Waals surface area contributed by atoms with Crippen LogP contribution >= 0.6 is 0 Å². The molecule has 0 fully saturated rings. The van der Waals surface area contributed by atoms with E-state index in [2.05, 4.69) is 18.0 Å². The van der Waals surface area contributed by atoms with Gasteiger partial charge in [0.2, 0.25) is 0 Å². The van der Waals surface area contributed by atoms with Gasteiger partial charge in [-0.15, -0.1) is 0 Å². The predicted molar refractivity (Wildman–Crippen MR) is 66.9 cm³/mol. The van der Waals surface area contributed by atoms with Crippen LogP contribution in [-0.2, 0) is 6.42 Å². The van der Waals surface area contributed by atoms with Crippen LogP contribution in [0.2, 0.25) is 0 Å². The molecule has 0 aliphatic carbocycles. The molecule has 0 atom stereocenters. The maximum atomic E-state index is 8.92. The van der Waals surface area contributed by atoms with E-state index in [0.717, 1.165) is 30.8 Å². The van der Waals surface area contributed by atoms with Gasteiger partial charge in [0.1, 0.15) is 11.9 Å². The highest BCUT2D eigenvalue weighted by atomic mass is 15.1. The Bertz CT molecular complexity index is 520. The lowest BCUT2D eigenvalue weighted by atomic mass is 10.2. The van der Waals surface area contributed by atoms with Crippen molar-refractivity contribution in [3.63, 3.8) is 0 Å². The second kappa shape index (κ2) is 5.31. The minimum Gasteiger partial charge on any atom is -0.302 e. The van der Waals surface area contributed by atoms with Crippen LogP contribution in [0.3, 0.4) is 0 Å². The highest BCUT2D eigenvalue weighted by molar-refractivity contribution is 5.35. The number of rotatable bonds is 4. The number of hydrogen-bond acceptors (Lipinski definition) is 2. The lowest BCUT2D eigenvalue weighted by molar-refractivity contribution is 0.739. The van der Waals surface area contributed by atoms with E-state index in [1.54, 1.807) is 6.20 Å². The Hall–Kier alpha value is -2.08. The maximum Gasteiger partial charge on any atom is 0.159 e. The fourth-order valence-electron chi connectivity index (χ4n) is 1.80. The van der Waals surface area contributed by atoms with Crippen molar-refractivity contribution in [2.45, 2.75) is 26.2 Å². The van der Waals surface area contributed by atoms with E-state index in [4.69, 9.17) is 5.26 Å². The highest BCUT2D eigenvalue weighted by Crippen LogP contribution is 2.14. The first-order valence-electron chi connectivity index (χ1n) is 5.89. The van der Waals surface area contributed by atoms with Crippen molar-refractivity contribution in [1.82, 2.24) is 9.55 Å². The van der Waals surface area contributed by atoms with Gasteiger partial charge in [-0.05, 0) is 18.6 Å². The van der Waals surface area contributed by atoms with Crippen LogP contribution in [-0.4, -0.2) is 9.55 Å². The summed E-state index contributed by atoms with van der Waals surface area (Å²) in [5.41, 5.74) is 1.55. The molecule has 1 aromatic carbocycles.